The molecule has 0 saturated carbocycles. The minimum Gasteiger partial charge on any atom is -0.425 e. The molecule has 33 heavy (non-hydrogen) atoms. The number of amides is 3. The van der Waals surface area contributed by atoms with E-state index in [1.807, 2.05) is 18.2 Å². The number of carbonyl (C=O) groups is 3. The lowest BCUT2D eigenvalue weighted by atomic mass is 9.97. The van der Waals surface area contributed by atoms with Gasteiger partial charge in [0.2, 0.25) is 0 Å². The molecule has 1 aromatic heterocycles. The van der Waals surface area contributed by atoms with Crippen LogP contribution >= 0.6 is 22.9 Å². The Morgan fingerprint density at radius 2 is 1.97 bits per heavy atom. The molecule has 4 rings (SSSR count). The lowest BCUT2D eigenvalue weighted by molar-refractivity contribution is 0.00453. The van der Waals surface area contributed by atoms with Gasteiger partial charge in [-0.2, -0.15) is 0 Å². The highest BCUT2D eigenvalue weighted by Gasteiger charge is 2.39. The Hall–Kier alpha value is -2.62. The van der Waals surface area contributed by atoms with Gasteiger partial charge in [0.1, 0.15) is 0 Å². The van der Waals surface area contributed by atoms with Crippen LogP contribution in [-0.4, -0.2) is 79.1 Å². The molecule has 0 bridgehead atoms. The van der Waals surface area contributed by atoms with E-state index < -0.39 is 12.3 Å². The number of halogens is 1. The topological polar surface area (TPSA) is 82.2 Å². The number of rotatable bonds is 4. The van der Waals surface area contributed by atoms with Crippen molar-refractivity contribution in [3.63, 3.8) is 0 Å². The van der Waals surface area contributed by atoms with Crippen molar-refractivity contribution in [1.29, 1.82) is 0 Å². The summed E-state index contributed by atoms with van der Waals surface area (Å²) in [7, 11) is 5.25. The summed E-state index contributed by atoms with van der Waals surface area (Å²) in [4.78, 5) is 43.9. The average Bonchev–Trinajstić information content (AvgIpc) is 3.38. The molecular weight excluding hydrogens is 464 g/mol. The van der Waals surface area contributed by atoms with Gasteiger partial charge in [0.15, 0.2) is 6.23 Å². The smallest absolute Gasteiger partial charge is 0.411 e. The lowest BCUT2D eigenvalue weighted by Crippen LogP contribution is -2.41. The molecule has 2 aromatic rings. The molecule has 2 aliphatic rings. The summed E-state index contributed by atoms with van der Waals surface area (Å²) in [6.45, 7) is 2.05. The van der Waals surface area contributed by atoms with Crippen LogP contribution in [0.1, 0.15) is 37.6 Å². The maximum absolute atomic E-state index is 13.4. The Morgan fingerprint density at radius 3 is 2.67 bits per heavy atom. The summed E-state index contributed by atoms with van der Waals surface area (Å²) in [6, 6.07) is 8.73. The fourth-order valence-corrected chi connectivity index (χ4v) is 5.08. The predicted octanol–water partition coefficient (Wildman–Crippen LogP) is 3.06. The maximum atomic E-state index is 13.4. The minimum atomic E-state index is -0.771. The minimum absolute atomic E-state index is 0.218. The van der Waals surface area contributed by atoms with Gasteiger partial charge in [0.05, 0.1) is 15.3 Å². The summed E-state index contributed by atoms with van der Waals surface area (Å²) < 4.78 is 6.12. The molecule has 1 saturated heterocycles. The van der Waals surface area contributed by atoms with E-state index in [1.165, 1.54) is 32.3 Å². The average molecular weight is 491 g/mol. The first-order valence-electron chi connectivity index (χ1n) is 10.8. The molecule has 0 spiro atoms. The zero-order chi connectivity index (χ0) is 23.7. The first-order chi connectivity index (χ1) is 15.7. The van der Waals surface area contributed by atoms with E-state index in [0.29, 0.717) is 21.2 Å². The van der Waals surface area contributed by atoms with Crippen LogP contribution in [0.5, 0.6) is 0 Å². The number of nitrogens with one attached hydrogen (secondary N) is 1. The van der Waals surface area contributed by atoms with Gasteiger partial charge in [0, 0.05) is 45.7 Å². The second-order valence-corrected chi connectivity index (χ2v) is 10.4. The van der Waals surface area contributed by atoms with Gasteiger partial charge in [-0.1, -0.05) is 17.7 Å². The summed E-state index contributed by atoms with van der Waals surface area (Å²) >= 11 is 7.13. The van der Waals surface area contributed by atoms with Crippen molar-refractivity contribution >= 4 is 40.8 Å². The van der Waals surface area contributed by atoms with Gasteiger partial charge in [-0.05, 0) is 48.9 Å². The molecule has 3 heterocycles. The zero-order valence-corrected chi connectivity index (χ0v) is 20.4. The SMILES string of the molecule is CN1CCc2cc(C(=O)N3C[C@H](NC(=O)c4ccc(Cl)s4)C[C@@H]3OC(=O)N(C)C)ccc2C1. The Kier molecular flexibility index (Phi) is 6.92. The highest BCUT2D eigenvalue weighted by atomic mass is 35.5. The second-order valence-electron chi connectivity index (χ2n) is 8.67. The first-order valence-corrected chi connectivity index (χ1v) is 12.0. The van der Waals surface area contributed by atoms with Crippen LogP contribution in [0.15, 0.2) is 30.3 Å². The van der Waals surface area contributed by atoms with Crippen LogP contribution in [-0.2, 0) is 17.7 Å². The number of likely N-dealkylation sites (N-methyl/N-ethyl adjacent to an activating group) is 1. The molecule has 0 unspecified atom stereocenters. The van der Waals surface area contributed by atoms with E-state index in [1.54, 1.807) is 26.2 Å². The van der Waals surface area contributed by atoms with Crippen molar-refractivity contribution in [1.82, 2.24) is 20.0 Å². The fourth-order valence-electron chi connectivity index (χ4n) is 4.14. The summed E-state index contributed by atoms with van der Waals surface area (Å²) in [5.74, 6) is -0.481. The van der Waals surface area contributed by atoms with Crippen LogP contribution in [0, 0.1) is 0 Å². The van der Waals surface area contributed by atoms with E-state index >= 15 is 0 Å². The highest BCUT2D eigenvalue weighted by molar-refractivity contribution is 7.18. The standard InChI is InChI=1S/C23H27ClN4O4S/c1-26(2)23(31)32-20-11-17(25-21(29)18-6-7-19(24)33-18)13-28(20)22(30)15-4-5-16-12-27(3)9-8-14(16)10-15/h4-7,10,17,20H,8-9,11-13H2,1-3H3,(H,25,29)/t17-,20+/m1/s1. The van der Waals surface area contributed by atoms with Crippen LogP contribution < -0.4 is 5.32 Å². The number of benzene rings is 1. The Labute approximate surface area is 202 Å². The van der Waals surface area contributed by atoms with Gasteiger partial charge in [-0.25, -0.2) is 4.79 Å². The fraction of sp³-hybridized carbons (Fsp3) is 0.435. The third-order valence-corrected chi connectivity index (χ3v) is 7.13. The van der Waals surface area contributed by atoms with Crippen molar-refractivity contribution in [3.8, 4) is 0 Å². The molecule has 8 nitrogen and oxygen atoms in total. The van der Waals surface area contributed by atoms with Crippen molar-refractivity contribution in [2.24, 2.45) is 0 Å². The number of nitrogens with zero attached hydrogens (tertiary/aromatic N) is 3. The van der Waals surface area contributed by atoms with Gasteiger partial charge < -0.3 is 24.8 Å². The number of fused-ring (bicyclic) bond motifs is 1. The van der Waals surface area contributed by atoms with E-state index in [9.17, 15) is 14.4 Å². The summed E-state index contributed by atoms with van der Waals surface area (Å²) in [5.41, 5.74) is 2.94. The molecule has 1 fully saturated rings. The lowest BCUT2D eigenvalue weighted by Gasteiger charge is -2.27. The highest BCUT2D eigenvalue weighted by Crippen LogP contribution is 2.26. The Bertz CT molecular complexity index is 1070. The van der Waals surface area contributed by atoms with Gasteiger partial charge >= 0.3 is 6.09 Å². The molecule has 0 radical (unpaired) electrons. The largest absolute Gasteiger partial charge is 0.425 e. The third kappa shape index (κ3) is 5.31. The molecule has 1 N–H and O–H groups in total. The molecule has 176 valence electrons. The van der Waals surface area contributed by atoms with Crippen molar-refractivity contribution in [2.45, 2.75) is 31.7 Å². The van der Waals surface area contributed by atoms with Crippen molar-refractivity contribution in [2.75, 3.05) is 34.2 Å². The second kappa shape index (κ2) is 9.70. The van der Waals surface area contributed by atoms with Gasteiger partial charge in [-0.15, -0.1) is 11.3 Å². The van der Waals surface area contributed by atoms with Crippen LogP contribution in [0.25, 0.3) is 0 Å². The summed E-state index contributed by atoms with van der Waals surface area (Å²) in [6.07, 6.45) is -0.116. The van der Waals surface area contributed by atoms with Crippen molar-refractivity contribution < 1.29 is 19.1 Å². The van der Waals surface area contributed by atoms with Crippen LogP contribution in [0.2, 0.25) is 4.34 Å². The number of hydrogen-bond acceptors (Lipinski definition) is 6. The number of hydrogen-bond donors (Lipinski definition) is 1. The number of likely N-dealkylation sites (tertiary alicyclic amines) is 1. The molecule has 3 amide bonds. The predicted molar refractivity (Wildman–Crippen MR) is 127 cm³/mol. The monoisotopic (exact) mass is 490 g/mol. The molecule has 2 atom stereocenters. The quantitative estimate of drug-likeness (QED) is 0.712. The molecule has 1 aromatic carbocycles. The van der Waals surface area contributed by atoms with Gasteiger partial charge in [0.25, 0.3) is 11.8 Å². The summed E-state index contributed by atoms with van der Waals surface area (Å²) in [5, 5.41) is 2.94. The van der Waals surface area contributed by atoms with E-state index in [2.05, 4.69) is 17.3 Å². The molecule has 10 heteroatoms. The number of carbonyl (C=O) groups excluding carboxylic acids is 3. The molecule has 2 aliphatic heterocycles. The Morgan fingerprint density at radius 1 is 1.18 bits per heavy atom. The third-order valence-electron chi connectivity index (χ3n) is 5.90. The van der Waals surface area contributed by atoms with E-state index in [4.69, 9.17) is 16.3 Å². The number of thiophene rings is 1. The van der Waals surface area contributed by atoms with E-state index in [-0.39, 0.29) is 24.4 Å². The van der Waals surface area contributed by atoms with Crippen LogP contribution in [0.3, 0.4) is 0 Å². The first kappa shape index (κ1) is 23.5. The van der Waals surface area contributed by atoms with E-state index in [0.717, 1.165) is 19.5 Å². The Balaban J connectivity index is 1.52. The maximum Gasteiger partial charge on any atom is 0.411 e. The van der Waals surface area contributed by atoms with Crippen LogP contribution in [0.4, 0.5) is 4.79 Å². The number of ether oxygens (including phenoxy) is 1. The van der Waals surface area contributed by atoms with Gasteiger partial charge in [-0.3, -0.25) is 9.59 Å². The zero-order valence-electron chi connectivity index (χ0n) is 18.8. The molecular formula is C23H27ClN4O4S. The van der Waals surface area contributed by atoms with Crippen molar-refractivity contribution in [3.05, 3.63) is 56.2 Å². The normalized spacial score (nSPS) is 20.3. The molecule has 0 aliphatic carbocycles.